The Morgan fingerprint density at radius 1 is 1.12 bits per heavy atom. The third-order valence-corrected chi connectivity index (χ3v) is 6.83. The molecule has 2 atom stereocenters. The summed E-state index contributed by atoms with van der Waals surface area (Å²) in [5.74, 6) is -4.03. The summed E-state index contributed by atoms with van der Waals surface area (Å²) in [6, 6.07) is 7.15. The fourth-order valence-electron chi connectivity index (χ4n) is 5.47. The number of nitrogens with zero attached hydrogens (tertiary/aromatic N) is 5. The van der Waals surface area contributed by atoms with Crippen molar-refractivity contribution in [1.29, 1.82) is 0 Å². The van der Waals surface area contributed by atoms with Gasteiger partial charge in [-0.05, 0) is 56.0 Å². The van der Waals surface area contributed by atoms with E-state index >= 15 is 0 Å². The average molecular weight is 451 g/mol. The highest BCUT2D eigenvalue weighted by atomic mass is 19.2. The van der Waals surface area contributed by atoms with E-state index in [2.05, 4.69) is 10.2 Å². The number of hydrogen-bond acceptors (Lipinski definition) is 3. The number of aromatic nitrogens is 4. The standard InChI is InChI=1S/C24H20F3N5O/c1-30-23(13-10-17(25)21(27)18(26)11-13)16-12-14-4-2-5-20(22(16)29-30)32(14)24(33)15-7-9-31-19(15)6-3-8-28-31/h3,6-11,14,20H,2,4-5,12H2,1H3/t14-,20+/m0/s1. The zero-order valence-corrected chi connectivity index (χ0v) is 17.8. The maximum absolute atomic E-state index is 14.0. The predicted octanol–water partition coefficient (Wildman–Crippen LogP) is 4.44. The van der Waals surface area contributed by atoms with Crippen molar-refractivity contribution < 1.29 is 18.0 Å². The quantitative estimate of drug-likeness (QED) is 0.424. The van der Waals surface area contributed by atoms with Crippen molar-refractivity contribution in [3.63, 3.8) is 0 Å². The van der Waals surface area contributed by atoms with E-state index in [1.807, 2.05) is 11.0 Å². The van der Waals surface area contributed by atoms with Crippen LogP contribution < -0.4 is 0 Å². The van der Waals surface area contributed by atoms with Crippen LogP contribution in [0.15, 0.2) is 42.7 Å². The summed E-state index contributed by atoms with van der Waals surface area (Å²) in [7, 11) is 1.70. The van der Waals surface area contributed by atoms with Crippen LogP contribution in [0, 0.1) is 17.5 Å². The number of amides is 1. The molecule has 2 bridgehead atoms. The molecule has 5 heterocycles. The van der Waals surface area contributed by atoms with Crippen molar-refractivity contribution in [2.75, 3.05) is 0 Å². The van der Waals surface area contributed by atoms with Gasteiger partial charge in [0.1, 0.15) is 0 Å². The summed E-state index contributed by atoms with van der Waals surface area (Å²) in [5.41, 5.74) is 3.73. The van der Waals surface area contributed by atoms with E-state index in [-0.39, 0.29) is 23.6 Å². The van der Waals surface area contributed by atoms with Gasteiger partial charge in [0.25, 0.3) is 5.91 Å². The van der Waals surface area contributed by atoms with Gasteiger partial charge in [0.2, 0.25) is 0 Å². The molecule has 0 unspecified atom stereocenters. The normalized spacial score (nSPS) is 19.7. The minimum absolute atomic E-state index is 0.0616. The Balaban J connectivity index is 1.45. The molecule has 1 aromatic carbocycles. The lowest BCUT2D eigenvalue weighted by Crippen LogP contribution is -2.49. The number of rotatable bonds is 2. The number of piperidine rings is 1. The summed E-state index contributed by atoms with van der Waals surface area (Å²) in [5, 5.41) is 8.92. The second-order valence-electron chi connectivity index (χ2n) is 8.69. The van der Waals surface area contributed by atoms with E-state index in [0.29, 0.717) is 17.7 Å². The first-order valence-corrected chi connectivity index (χ1v) is 10.9. The van der Waals surface area contributed by atoms with Crippen molar-refractivity contribution in [3.05, 3.63) is 77.0 Å². The third-order valence-electron chi connectivity index (χ3n) is 6.83. The molecule has 0 spiro atoms. The van der Waals surface area contributed by atoms with Crippen molar-refractivity contribution in [1.82, 2.24) is 24.3 Å². The smallest absolute Gasteiger partial charge is 0.256 e. The first-order chi connectivity index (χ1) is 15.9. The van der Waals surface area contributed by atoms with Gasteiger partial charge < -0.3 is 4.90 Å². The number of carbonyl (C=O) groups is 1. The largest absolute Gasteiger partial charge is 0.327 e. The molecule has 0 saturated carbocycles. The molecule has 9 heteroatoms. The van der Waals surface area contributed by atoms with Gasteiger partial charge in [0.05, 0.1) is 28.5 Å². The van der Waals surface area contributed by atoms with Gasteiger partial charge in [-0.2, -0.15) is 10.2 Å². The molecule has 2 aliphatic rings. The molecule has 0 N–H and O–H groups in total. The van der Waals surface area contributed by atoms with Gasteiger partial charge >= 0.3 is 0 Å². The minimum atomic E-state index is -1.49. The molecule has 2 aliphatic heterocycles. The second-order valence-corrected chi connectivity index (χ2v) is 8.69. The summed E-state index contributed by atoms with van der Waals surface area (Å²) in [4.78, 5) is 15.6. The van der Waals surface area contributed by atoms with Crippen LogP contribution in [-0.4, -0.2) is 36.2 Å². The molecular weight excluding hydrogens is 431 g/mol. The SMILES string of the molecule is Cn1nc2c(c1-c1cc(F)c(F)c(F)c1)C[C@@H]1CCC[C@H]2N1C(=O)c1ccn2ncccc12. The van der Waals surface area contributed by atoms with E-state index in [4.69, 9.17) is 0 Å². The predicted molar refractivity (Wildman–Crippen MR) is 114 cm³/mol. The lowest BCUT2D eigenvalue weighted by Gasteiger charge is -2.45. The van der Waals surface area contributed by atoms with E-state index in [1.165, 1.54) is 0 Å². The first-order valence-electron chi connectivity index (χ1n) is 10.9. The fraction of sp³-hybridized carbons (Fsp3) is 0.292. The molecule has 0 aliphatic carbocycles. The van der Waals surface area contributed by atoms with Gasteiger partial charge in [0, 0.05) is 36.6 Å². The number of benzene rings is 1. The molecule has 0 radical (unpaired) electrons. The Kier molecular flexibility index (Phi) is 4.36. The van der Waals surface area contributed by atoms with Crippen LogP contribution in [-0.2, 0) is 13.5 Å². The van der Waals surface area contributed by atoms with Crippen molar-refractivity contribution >= 4 is 11.4 Å². The van der Waals surface area contributed by atoms with E-state index < -0.39 is 17.5 Å². The summed E-state index contributed by atoms with van der Waals surface area (Å²) < 4.78 is 44.7. The van der Waals surface area contributed by atoms with Crippen LogP contribution in [0.25, 0.3) is 16.8 Å². The summed E-state index contributed by atoms with van der Waals surface area (Å²) in [6.45, 7) is 0. The lowest BCUT2D eigenvalue weighted by atomic mass is 9.81. The molecule has 4 aromatic rings. The lowest BCUT2D eigenvalue weighted by molar-refractivity contribution is 0.0394. The van der Waals surface area contributed by atoms with Crippen LogP contribution in [0.1, 0.15) is 46.9 Å². The number of hydrogen-bond donors (Lipinski definition) is 0. The van der Waals surface area contributed by atoms with Crippen molar-refractivity contribution in [2.24, 2.45) is 7.05 Å². The third kappa shape index (κ3) is 2.91. The molecule has 1 amide bonds. The number of carbonyl (C=O) groups excluding carboxylic acids is 1. The van der Waals surface area contributed by atoms with E-state index in [1.54, 1.807) is 40.8 Å². The zero-order chi connectivity index (χ0) is 22.9. The Morgan fingerprint density at radius 3 is 2.70 bits per heavy atom. The number of halogens is 3. The maximum atomic E-state index is 14.0. The fourth-order valence-corrected chi connectivity index (χ4v) is 5.47. The van der Waals surface area contributed by atoms with E-state index in [9.17, 15) is 18.0 Å². The number of aryl methyl sites for hydroxylation is 1. The van der Waals surface area contributed by atoms with Crippen LogP contribution in [0.4, 0.5) is 13.2 Å². The molecule has 6 rings (SSSR count). The Hall–Kier alpha value is -3.62. The highest BCUT2D eigenvalue weighted by Crippen LogP contribution is 2.45. The summed E-state index contributed by atoms with van der Waals surface area (Å²) >= 11 is 0. The van der Waals surface area contributed by atoms with Crippen molar-refractivity contribution in [2.45, 2.75) is 37.8 Å². The van der Waals surface area contributed by atoms with Gasteiger partial charge in [-0.1, -0.05) is 0 Å². The molecule has 3 aromatic heterocycles. The molecule has 1 fully saturated rings. The Labute approximate surface area is 187 Å². The molecular formula is C24H20F3N5O. The molecule has 6 nitrogen and oxygen atoms in total. The van der Waals surface area contributed by atoms with Crippen molar-refractivity contribution in [3.8, 4) is 11.3 Å². The van der Waals surface area contributed by atoms with E-state index in [0.717, 1.165) is 48.2 Å². The molecule has 33 heavy (non-hydrogen) atoms. The van der Waals surface area contributed by atoms with Gasteiger partial charge in [0.15, 0.2) is 17.5 Å². The highest BCUT2D eigenvalue weighted by molar-refractivity contribution is 6.01. The average Bonchev–Trinajstić information content (AvgIpc) is 3.37. The Morgan fingerprint density at radius 2 is 1.91 bits per heavy atom. The zero-order valence-electron chi connectivity index (χ0n) is 17.8. The van der Waals surface area contributed by atoms with Crippen LogP contribution >= 0.6 is 0 Å². The molecule has 1 saturated heterocycles. The Bertz CT molecular complexity index is 1400. The van der Waals surface area contributed by atoms with Gasteiger partial charge in [-0.15, -0.1) is 0 Å². The van der Waals surface area contributed by atoms with Gasteiger partial charge in [-0.25, -0.2) is 17.7 Å². The second kappa shape index (κ2) is 7.19. The van der Waals surface area contributed by atoms with Crippen LogP contribution in [0.5, 0.6) is 0 Å². The molecule has 168 valence electrons. The minimum Gasteiger partial charge on any atom is -0.327 e. The highest BCUT2D eigenvalue weighted by Gasteiger charge is 2.44. The summed E-state index contributed by atoms with van der Waals surface area (Å²) in [6.07, 6.45) is 6.49. The first kappa shape index (κ1) is 20.0. The van der Waals surface area contributed by atoms with Crippen LogP contribution in [0.3, 0.4) is 0 Å². The number of fused-ring (bicyclic) bond motifs is 5. The topological polar surface area (TPSA) is 55.4 Å². The van der Waals surface area contributed by atoms with Crippen LogP contribution in [0.2, 0.25) is 0 Å². The maximum Gasteiger partial charge on any atom is 0.256 e. The monoisotopic (exact) mass is 451 g/mol. The van der Waals surface area contributed by atoms with Gasteiger partial charge in [-0.3, -0.25) is 9.48 Å².